The summed E-state index contributed by atoms with van der Waals surface area (Å²) in [5, 5.41) is 1.86. The van der Waals surface area contributed by atoms with E-state index in [0.29, 0.717) is 0 Å². The van der Waals surface area contributed by atoms with Gasteiger partial charge in [0.1, 0.15) is 12.1 Å². The molecule has 0 saturated carbocycles. The average Bonchev–Trinajstić information content (AvgIpc) is 3.22. The number of fused-ring (bicyclic) bond motifs is 1. The molecule has 0 aliphatic heterocycles. The normalized spacial score (nSPS) is 11.2. The zero-order valence-electron chi connectivity index (χ0n) is 19.2. The van der Waals surface area contributed by atoms with Crippen molar-refractivity contribution in [2.75, 3.05) is 18.0 Å². The van der Waals surface area contributed by atoms with Crippen molar-refractivity contribution in [1.29, 1.82) is 0 Å². The highest BCUT2D eigenvalue weighted by atomic mass is 35.5. The summed E-state index contributed by atoms with van der Waals surface area (Å²) in [5.41, 5.74) is 5.29. The number of anilines is 1. The van der Waals surface area contributed by atoms with Crippen LogP contribution < -0.4 is 4.90 Å². The van der Waals surface area contributed by atoms with Crippen molar-refractivity contribution in [1.82, 2.24) is 14.5 Å². The third kappa shape index (κ3) is 4.51. The zero-order chi connectivity index (χ0) is 22.5. The number of unbranched alkanes of at least 4 members (excludes halogenated alkanes) is 2. The van der Waals surface area contributed by atoms with Gasteiger partial charge in [0.25, 0.3) is 0 Å². The highest BCUT2D eigenvalue weighted by Crippen LogP contribution is 2.37. The standard InChI is InChI=1S/C27H31ClN4/c1-4-6-15-31(16-7-5-2)26-25-23(21-11-9-8-10-12-21)18-32(27(25)30-19-29-26)22-14-13-20(3)24(28)17-22/h8-14,17-19H,4-7,15-16H2,1-3H3. The Morgan fingerprint density at radius 3 is 2.31 bits per heavy atom. The Labute approximate surface area is 195 Å². The van der Waals surface area contributed by atoms with Gasteiger partial charge in [-0.3, -0.25) is 0 Å². The molecule has 0 N–H and O–H groups in total. The summed E-state index contributed by atoms with van der Waals surface area (Å²) < 4.78 is 2.14. The van der Waals surface area contributed by atoms with E-state index in [4.69, 9.17) is 21.6 Å². The predicted octanol–water partition coefficient (Wildman–Crippen LogP) is 7.46. The van der Waals surface area contributed by atoms with Gasteiger partial charge in [0.05, 0.1) is 5.39 Å². The molecule has 0 bridgehead atoms. The number of nitrogens with zero attached hydrogens (tertiary/aromatic N) is 4. The molecule has 0 saturated heterocycles. The van der Waals surface area contributed by atoms with Gasteiger partial charge in [-0.2, -0.15) is 0 Å². The Morgan fingerprint density at radius 1 is 0.938 bits per heavy atom. The third-order valence-corrected chi connectivity index (χ3v) is 6.35. The summed E-state index contributed by atoms with van der Waals surface area (Å²) in [6.45, 7) is 8.49. The minimum absolute atomic E-state index is 0.757. The molecule has 0 spiro atoms. The van der Waals surface area contributed by atoms with Crippen LogP contribution in [0.1, 0.15) is 45.1 Å². The molecule has 2 aromatic carbocycles. The molecule has 32 heavy (non-hydrogen) atoms. The van der Waals surface area contributed by atoms with E-state index in [-0.39, 0.29) is 0 Å². The van der Waals surface area contributed by atoms with Crippen LogP contribution in [0, 0.1) is 6.92 Å². The number of hydrogen-bond acceptors (Lipinski definition) is 3. The van der Waals surface area contributed by atoms with Gasteiger partial charge in [-0.05, 0) is 43.0 Å². The molecule has 0 amide bonds. The highest BCUT2D eigenvalue weighted by molar-refractivity contribution is 6.31. The molecule has 0 unspecified atom stereocenters. The third-order valence-electron chi connectivity index (χ3n) is 5.94. The quantitative estimate of drug-likeness (QED) is 0.267. The maximum Gasteiger partial charge on any atom is 0.150 e. The largest absolute Gasteiger partial charge is 0.356 e. The molecule has 2 aromatic heterocycles. The first-order chi connectivity index (χ1) is 15.6. The van der Waals surface area contributed by atoms with E-state index in [1.165, 1.54) is 0 Å². The van der Waals surface area contributed by atoms with Crippen LogP contribution in [0.4, 0.5) is 5.82 Å². The van der Waals surface area contributed by atoms with E-state index in [2.05, 4.69) is 72.0 Å². The smallest absolute Gasteiger partial charge is 0.150 e. The maximum absolute atomic E-state index is 6.48. The van der Waals surface area contributed by atoms with E-state index in [1.807, 2.05) is 13.0 Å². The molecule has 4 nitrogen and oxygen atoms in total. The van der Waals surface area contributed by atoms with E-state index in [0.717, 1.165) is 83.0 Å². The number of hydrogen-bond donors (Lipinski definition) is 0. The van der Waals surface area contributed by atoms with E-state index < -0.39 is 0 Å². The number of rotatable bonds is 9. The Kier molecular flexibility index (Phi) is 7.11. The second-order valence-electron chi connectivity index (χ2n) is 8.30. The fraction of sp³-hybridized carbons (Fsp3) is 0.333. The monoisotopic (exact) mass is 446 g/mol. The zero-order valence-corrected chi connectivity index (χ0v) is 19.9. The summed E-state index contributed by atoms with van der Waals surface area (Å²) >= 11 is 6.48. The first kappa shape index (κ1) is 22.3. The summed E-state index contributed by atoms with van der Waals surface area (Å²) in [4.78, 5) is 12.0. The van der Waals surface area contributed by atoms with Gasteiger partial charge >= 0.3 is 0 Å². The lowest BCUT2D eigenvalue weighted by atomic mass is 10.1. The predicted molar refractivity (Wildman–Crippen MR) is 136 cm³/mol. The average molecular weight is 447 g/mol. The van der Waals surface area contributed by atoms with E-state index in [1.54, 1.807) is 6.33 Å². The van der Waals surface area contributed by atoms with Crippen LogP contribution in [0.25, 0.3) is 27.8 Å². The van der Waals surface area contributed by atoms with Crippen molar-refractivity contribution < 1.29 is 0 Å². The maximum atomic E-state index is 6.48. The molecular weight excluding hydrogens is 416 g/mol. The first-order valence-corrected chi connectivity index (χ1v) is 11.9. The number of aromatic nitrogens is 3. The molecule has 4 aromatic rings. The fourth-order valence-electron chi connectivity index (χ4n) is 4.07. The Hall–Kier alpha value is -2.85. The Balaban J connectivity index is 1.96. The van der Waals surface area contributed by atoms with Gasteiger partial charge in [-0.25, -0.2) is 9.97 Å². The van der Waals surface area contributed by atoms with Crippen molar-refractivity contribution in [3.05, 3.63) is 71.6 Å². The molecule has 4 rings (SSSR count). The molecule has 2 heterocycles. The fourth-order valence-corrected chi connectivity index (χ4v) is 4.25. The van der Waals surface area contributed by atoms with Crippen molar-refractivity contribution >= 4 is 28.5 Å². The Bertz CT molecular complexity index is 1180. The Morgan fingerprint density at radius 2 is 1.66 bits per heavy atom. The minimum atomic E-state index is 0.757. The van der Waals surface area contributed by atoms with Crippen LogP contribution >= 0.6 is 11.6 Å². The second kappa shape index (κ2) is 10.2. The van der Waals surface area contributed by atoms with Crippen LogP contribution in [-0.2, 0) is 0 Å². The van der Waals surface area contributed by atoms with Crippen LogP contribution in [0.2, 0.25) is 5.02 Å². The lowest BCUT2D eigenvalue weighted by Gasteiger charge is -2.24. The summed E-state index contributed by atoms with van der Waals surface area (Å²) in [5.74, 6) is 1.02. The lowest BCUT2D eigenvalue weighted by Crippen LogP contribution is -2.27. The molecule has 166 valence electrons. The molecular formula is C27H31ClN4. The van der Waals surface area contributed by atoms with Gasteiger partial charge in [-0.1, -0.05) is 74.7 Å². The highest BCUT2D eigenvalue weighted by Gasteiger charge is 2.20. The number of aryl methyl sites for hydroxylation is 1. The van der Waals surface area contributed by atoms with Gasteiger partial charge in [0.15, 0.2) is 5.65 Å². The van der Waals surface area contributed by atoms with Gasteiger partial charge in [0, 0.05) is 35.6 Å². The summed E-state index contributed by atoms with van der Waals surface area (Å²) in [6, 6.07) is 16.7. The minimum Gasteiger partial charge on any atom is -0.356 e. The molecule has 0 aliphatic carbocycles. The summed E-state index contributed by atoms with van der Waals surface area (Å²) in [6.07, 6.45) is 8.48. The van der Waals surface area contributed by atoms with Crippen molar-refractivity contribution in [2.45, 2.75) is 46.5 Å². The van der Waals surface area contributed by atoms with Gasteiger partial charge in [-0.15, -0.1) is 0 Å². The molecule has 5 heteroatoms. The van der Waals surface area contributed by atoms with Crippen LogP contribution in [0.3, 0.4) is 0 Å². The van der Waals surface area contributed by atoms with Crippen molar-refractivity contribution in [3.63, 3.8) is 0 Å². The lowest BCUT2D eigenvalue weighted by molar-refractivity contribution is 0.673. The first-order valence-electron chi connectivity index (χ1n) is 11.6. The molecule has 0 fully saturated rings. The molecule has 0 radical (unpaired) electrons. The SMILES string of the molecule is CCCCN(CCCC)c1ncnc2c1c(-c1ccccc1)cn2-c1ccc(C)c(Cl)c1. The van der Waals surface area contributed by atoms with Crippen molar-refractivity contribution in [3.8, 4) is 16.8 Å². The van der Waals surface area contributed by atoms with Crippen LogP contribution in [-0.4, -0.2) is 27.6 Å². The number of halogens is 1. The van der Waals surface area contributed by atoms with E-state index in [9.17, 15) is 0 Å². The molecule has 0 atom stereocenters. The van der Waals surface area contributed by atoms with Gasteiger partial charge in [0.2, 0.25) is 0 Å². The van der Waals surface area contributed by atoms with Crippen LogP contribution in [0.15, 0.2) is 61.1 Å². The van der Waals surface area contributed by atoms with Crippen LogP contribution in [0.5, 0.6) is 0 Å². The van der Waals surface area contributed by atoms with E-state index >= 15 is 0 Å². The van der Waals surface area contributed by atoms with Gasteiger partial charge < -0.3 is 9.47 Å². The topological polar surface area (TPSA) is 34.0 Å². The number of benzene rings is 2. The van der Waals surface area contributed by atoms with Crippen molar-refractivity contribution in [2.24, 2.45) is 0 Å². The second-order valence-corrected chi connectivity index (χ2v) is 8.71. The summed E-state index contributed by atoms with van der Waals surface area (Å²) in [7, 11) is 0. The molecule has 0 aliphatic rings.